The summed E-state index contributed by atoms with van der Waals surface area (Å²) >= 11 is 0. The zero-order valence-electron chi connectivity index (χ0n) is 10.3. The number of halogens is 3. The molecule has 1 aromatic carbocycles. The fourth-order valence-corrected chi connectivity index (χ4v) is 2.52. The molecule has 0 spiro atoms. The van der Waals surface area contributed by atoms with Gasteiger partial charge in [-0.1, -0.05) is 12.1 Å². The molecular formula is C13H16F3NO2. The molecule has 1 fully saturated rings. The van der Waals surface area contributed by atoms with E-state index in [1.807, 2.05) is 0 Å². The minimum atomic E-state index is -4.37. The average Bonchev–Trinajstić information content (AvgIpc) is 2.70. The SMILES string of the molecule is OCCN1C[C@H](O)C[C@H]1c1cccc(C(F)(F)F)c1. The monoisotopic (exact) mass is 275 g/mol. The van der Waals surface area contributed by atoms with Crippen molar-refractivity contribution in [3.63, 3.8) is 0 Å². The minimum absolute atomic E-state index is 0.0812. The van der Waals surface area contributed by atoms with Crippen molar-refractivity contribution in [2.24, 2.45) is 0 Å². The molecule has 0 unspecified atom stereocenters. The van der Waals surface area contributed by atoms with E-state index in [0.29, 0.717) is 25.1 Å². The Labute approximate surface area is 109 Å². The van der Waals surface area contributed by atoms with Gasteiger partial charge in [0.15, 0.2) is 0 Å². The molecule has 1 saturated heterocycles. The second-order valence-corrected chi connectivity index (χ2v) is 4.75. The van der Waals surface area contributed by atoms with Gasteiger partial charge >= 0.3 is 6.18 Å². The lowest BCUT2D eigenvalue weighted by atomic mass is 10.0. The lowest BCUT2D eigenvalue weighted by Crippen LogP contribution is -2.28. The molecule has 0 radical (unpaired) electrons. The van der Waals surface area contributed by atoms with E-state index in [2.05, 4.69) is 0 Å². The average molecular weight is 275 g/mol. The van der Waals surface area contributed by atoms with Gasteiger partial charge in [0.05, 0.1) is 18.3 Å². The Hall–Kier alpha value is -1.11. The zero-order valence-corrected chi connectivity index (χ0v) is 10.3. The van der Waals surface area contributed by atoms with Crippen molar-refractivity contribution < 1.29 is 23.4 Å². The highest BCUT2D eigenvalue weighted by Gasteiger charge is 2.34. The summed E-state index contributed by atoms with van der Waals surface area (Å²) in [6, 6.07) is 4.88. The first-order valence-electron chi connectivity index (χ1n) is 6.12. The highest BCUT2D eigenvalue weighted by Crippen LogP contribution is 2.35. The van der Waals surface area contributed by atoms with Gasteiger partial charge in [-0.3, -0.25) is 4.90 Å². The van der Waals surface area contributed by atoms with Gasteiger partial charge < -0.3 is 10.2 Å². The van der Waals surface area contributed by atoms with E-state index in [9.17, 15) is 18.3 Å². The number of likely N-dealkylation sites (tertiary alicyclic amines) is 1. The van der Waals surface area contributed by atoms with Gasteiger partial charge in [-0.05, 0) is 24.1 Å². The van der Waals surface area contributed by atoms with Crippen LogP contribution in [-0.4, -0.2) is 40.9 Å². The first-order valence-corrected chi connectivity index (χ1v) is 6.12. The van der Waals surface area contributed by atoms with Crippen molar-refractivity contribution in [3.8, 4) is 0 Å². The van der Waals surface area contributed by atoms with Gasteiger partial charge in [0, 0.05) is 19.1 Å². The van der Waals surface area contributed by atoms with Gasteiger partial charge in [0.25, 0.3) is 0 Å². The van der Waals surface area contributed by atoms with Gasteiger partial charge in [-0.25, -0.2) is 0 Å². The molecular weight excluding hydrogens is 259 g/mol. The highest BCUT2D eigenvalue weighted by atomic mass is 19.4. The molecule has 1 aliphatic heterocycles. The van der Waals surface area contributed by atoms with E-state index >= 15 is 0 Å². The molecule has 1 heterocycles. The molecule has 19 heavy (non-hydrogen) atoms. The Morgan fingerprint density at radius 2 is 2.05 bits per heavy atom. The molecule has 0 aliphatic carbocycles. The summed E-state index contributed by atoms with van der Waals surface area (Å²) in [6.45, 7) is 0.641. The van der Waals surface area contributed by atoms with Crippen molar-refractivity contribution in [2.75, 3.05) is 19.7 Å². The predicted octanol–water partition coefficient (Wildman–Crippen LogP) is 1.81. The maximum atomic E-state index is 12.7. The highest BCUT2D eigenvalue weighted by molar-refractivity contribution is 5.28. The molecule has 6 heteroatoms. The number of nitrogens with zero attached hydrogens (tertiary/aromatic N) is 1. The third-order valence-electron chi connectivity index (χ3n) is 3.37. The fraction of sp³-hybridized carbons (Fsp3) is 0.538. The number of hydrogen-bond acceptors (Lipinski definition) is 3. The minimum Gasteiger partial charge on any atom is -0.395 e. The first kappa shape index (κ1) is 14.3. The van der Waals surface area contributed by atoms with Gasteiger partial charge in [-0.2, -0.15) is 13.2 Å². The Bertz CT molecular complexity index is 436. The van der Waals surface area contributed by atoms with Gasteiger partial charge in [0.2, 0.25) is 0 Å². The maximum absolute atomic E-state index is 12.7. The number of aliphatic hydroxyl groups excluding tert-OH is 2. The quantitative estimate of drug-likeness (QED) is 0.884. The number of benzene rings is 1. The molecule has 0 saturated carbocycles. The Morgan fingerprint density at radius 1 is 1.32 bits per heavy atom. The van der Waals surface area contributed by atoms with E-state index in [4.69, 9.17) is 5.11 Å². The molecule has 2 rings (SSSR count). The normalized spacial score (nSPS) is 24.9. The lowest BCUT2D eigenvalue weighted by molar-refractivity contribution is -0.137. The Balaban J connectivity index is 2.25. The third-order valence-corrected chi connectivity index (χ3v) is 3.37. The molecule has 2 atom stereocenters. The van der Waals surface area contributed by atoms with Gasteiger partial charge in [-0.15, -0.1) is 0 Å². The Morgan fingerprint density at radius 3 is 2.68 bits per heavy atom. The summed E-state index contributed by atoms with van der Waals surface area (Å²) < 4.78 is 38.0. The second-order valence-electron chi connectivity index (χ2n) is 4.75. The van der Waals surface area contributed by atoms with Gasteiger partial charge in [0.1, 0.15) is 0 Å². The van der Waals surface area contributed by atoms with E-state index in [1.165, 1.54) is 6.07 Å². The van der Waals surface area contributed by atoms with E-state index < -0.39 is 17.8 Å². The number of rotatable bonds is 3. The van der Waals surface area contributed by atoms with Crippen LogP contribution in [-0.2, 0) is 6.18 Å². The van der Waals surface area contributed by atoms with Crippen LogP contribution >= 0.6 is 0 Å². The maximum Gasteiger partial charge on any atom is 0.416 e. The van der Waals surface area contributed by atoms with Crippen LogP contribution in [0.5, 0.6) is 0 Å². The molecule has 0 amide bonds. The van der Waals surface area contributed by atoms with Crippen molar-refractivity contribution in [1.82, 2.24) is 4.90 Å². The number of alkyl halides is 3. The molecule has 0 aromatic heterocycles. The van der Waals surface area contributed by atoms with Crippen LogP contribution in [0.2, 0.25) is 0 Å². The van der Waals surface area contributed by atoms with E-state index in [0.717, 1.165) is 12.1 Å². The fourth-order valence-electron chi connectivity index (χ4n) is 2.52. The van der Waals surface area contributed by atoms with Crippen LogP contribution in [0.15, 0.2) is 24.3 Å². The summed E-state index contributed by atoms with van der Waals surface area (Å²) in [7, 11) is 0. The molecule has 3 nitrogen and oxygen atoms in total. The molecule has 1 aromatic rings. The van der Waals surface area contributed by atoms with Crippen LogP contribution in [0, 0.1) is 0 Å². The molecule has 0 bridgehead atoms. The number of β-amino-alcohol motifs (C(OH)–C–C–N with tert-alkyl or cyclic N) is 2. The second kappa shape index (κ2) is 5.48. The van der Waals surface area contributed by atoms with Crippen LogP contribution in [0.25, 0.3) is 0 Å². The van der Waals surface area contributed by atoms with Crippen molar-refractivity contribution >= 4 is 0 Å². The topological polar surface area (TPSA) is 43.7 Å². The lowest BCUT2D eigenvalue weighted by Gasteiger charge is -2.24. The zero-order chi connectivity index (χ0) is 14.0. The molecule has 106 valence electrons. The molecule has 2 N–H and O–H groups in total. The smallest absolute Gasteiger partial charge is 0.395 e. The largest absolute Gasteiger partial charge is 0.416 e. The number of hydrogen-bond donors (Lipinski definition) is 2. The van der Waals surface area contributed by atoms with E-state index in [-0.39, 0.29) is 12.6 Å². The number of aliphatic hydroxyl groups is 2. The summed E-state index contributed by atoms with van der Waals surface area (Å²) in [5, 5.41) is 18.6. The Kier molecular flexibility index (Phi) is 4.13. The van der Waals surface area contributed by atoms with Crippen LogP contribution < -0.4 is 0 Å². The van der Waals surface area contributed by atoms with Crippen LogP contribution in [0.1, 0.15) is 23.6 Å². The van der Waals surface area contributed by atoms with Crippen LogP contribution in [0.4, 0.5) is 13.2 Å². The van der Waals surface area contributed by atoms with Crippen LogP contribution in [0.3, 0.4) is 0 Å². The third kappa shape index (κ3) is 3.26. The predicted molar refractivity (Wildman–Crippen MR) is 63.5 cm³/mol. The van der Waals surface area contributed by atoms with E-state index in [1.54, 1.807) is 11.0 Å². The summed E-state index contributed by atoms with van der Waals surface area (Å²) in [4.78, 5) is 1.81. The summed E-state index contributed by atoms with van der Waals surface area (Å²) in [6.07, 6.45) is -4.54. The molecule has 1 aliphatic rings. The summed E-state index contributed by atoms with van der Waals surface area (Å²) in [5.41, 5.74) is -0.157. The van der Waals surface area contributed by atoms with Crippen molar-refractivity contribution in [2.45, 2.75) is 24.7 Å². The first-order chi connectivity index (χ1) is 8.91. The standard InChI is InChI=1S/C13H16F3NO2/c14-13(15,16)10-3-1-2-9(6-10)12-7-11(19)8-17(12)4-5-18/h1-3,6,11-12,18-19H,4-5,7-8H2/t11-,12+/m1/s1. The van der Waals surface area contributed by atoms with Crippen molar-refractivity contribution in [1.29, 1.82) is 0 Å². The summed E-state index contributed by atoms with van der Waals surface area (Å²) in [5.74, 6) is 0. The van der Waals surface area contributed by atoms with Crippen molar-refractivity contribution in [3.05, 3.63) is 35.4 Å².